The van der Waals surface area contributed by atoms with Gasteiger partial charge in [0, 0.05) is 45.8 Å². The van der Waals surface area contributed by atoms with E-state index in [-0.39, 0.29) is 11.9 Å². The maximum atomic E-state index is 12.0. The second-order valence-corrected chi connectivity index (χ2v) is 7.39. The molecule has 0 saturated heterocycles. The lowest BCUT2D eigenvalue weighted by molar-refractivity contribution is 0.0827. The van der Waals surface area contributed by atoms with E-state index < -0.39 is 6.09 Å². The summed E-state index contributed by atoms with van der Waals surface area (Å²) in [6.07, 6.45) is 0.416. The maximum absolute atomic E-state index is 12.0. The smallest absolute Gasteiger partial charge is 0.407 e. The van der Waals surface area contributed by atoms with E-state index in [4.69, 9.17) is 4.74 Å². The second kappa shape index (κ2) is 12.6. The Labute approximate surface area is 174 Å². The summed E-state index contributed by atoms with van der Waals surface area (Å²) in [4.78, 5) is 29.5. The van der Waals surface area contributed by atoms with Gasteiger partial charge in [-0.2, -0.15) is 0 Å². The lowest BCUT2D eigenvalue weighted by atomic mass is 10.0. The standard InChI is InChI=1S/C21H35N5O3/c1-7-29-21(28)25-18(12-15(2)3)14-24-20(22-4)23-13-16-8-10-17(11-9-16)19(27)26(5)6/h8-11,15,18H,7,12-14H2,1-6H3,(H,25,28)(H2,22,23,24). The Morgan fingerprint density at radius 3 is 2.31 bits per heavy atom. The Kier molecular flexibility index (Phi) is 10.6. The van der Waals surface area contributed by atoms with Gasteiger partial charge in [-0.25, -0.2) is 4.79 Å². The number of amides is 2. The monoisotopic (exact) mass is 405 g/mol. The summed E-state index contributed by atoms with van der Waals surface area (Å²) in [5.41, 5.74) is 1.69. The molecule has 0 heterocycles. The molecule has 8 heteroatoms. The zero-order valence-corrected chi connectivity index (χ0v) is 18.4. The minimum Gasteiger partial charge on any atom is -0.450 e. The fourth-order valence-electron chi connectivity index (χ4n) is 2.75. The van der Waals surface area contributed by atoms with Crippen molar-refractivity contribution in [2.45, 2.75) is 39.8 Å². The molecule has 0 saturated carbocycles. The van der Waals surface area contributed by atoms with E-state index in [0.717, 1.165) is 12.0 Å². The fourth-order valence-corrected chi connectivity index (χ4v) is 2.75. The number of alkyl carbamates (subject to hydrolysis) is 1. The van der Waals surface area contributed by atoms with Crippen molar-refractivity contribution in [2.24, 2.45) is 10.9 Å². The number of ether oxygens (including phenoxy) is 1. The number of nitrogens with one attached hydrogen (secondary N) is 3. The van der Waals surface area contributed by atoms with E-state index in [0.29, 0.717) is 37.1 Å². The largest absolute Gasteiger partial charge is 0.450 e. The van der Waals surface area contributed by atoms with Crippen LogP contribution in [0.25, 0.3) is 0 Å². The molecule has 0 aromatic heterocycles. The van der Waals surface area contributed by atoms with Gasteiger partial charge in [0.1, 0.15) is 0 Å². The summed E-state index contributed by atoms with van der Waals surface area (Å²) in [6.45, 7) is 7.44. The number of aliphatic imine (C=N–C) groups is 1. The Morgan fingerprint density at radius 1 is 1.14 bits per heavy atom. The number of benzene rings is 1. The van der Waals surface area contributed by atoms with Crippen molar-refractivity contribution in [3.63, 3.8) is 0 Å². The molecule has 3 N–H and O–H groups in total. The van der Waals surface area contributed by atoms with Crippen molar-refractivity contribution in [1.82, 2.24) is 20.9 Å². The third kappa shape index (κ3) is 9.32. The summed E-state index contributed by atoms with van der Waals surface area (Å²) in [5, 5.41) is 9.37. The van der Waals surface area contributed by atoms with Gasteiger partial charge in [-0.05, 0) is 37.0 Å². The van der Waals surface area contributed by atoms with Gasteiger partial charge in [0.25, 0.3) is 5.91 Å². The van der Waals surface area contributed by atoms with Crippen molar-refractivity contribution >= 4 is 18.0 Å². The van der Waals surface area contributed by atoms with Crippen LogP contribution >= 0.6 is 0 Å². The minimum absolute atomic E-state index is 0.0210. The van der Waals surface area contributed by atoms with Crippen LogP contribution in [0.4, 0.5) is 4.79 Å². The van der Waals surface area contributed by atoms with Gasteiger partial charge in [-0.15, -0.1) is 0 Å². The minimum atomic E-state index is -0.407. The van der Waals surface area contributed by atoms with E-state index in [1.807, 2.05) is 24.3 Å². The first-order valence-corrected chi connectivity index (χ1v) is 9.95. The van der Waals surface area contributed by atoms with Crippen LogP contribution in [0.2, 0.25) is 0 Å². The Morgan fingerprint density at radius 2 is 1.79 bits per heavy atom. The quantitative estimate of drug-likeness (QED) is 0.433. The summed E-state index contributed by atoms with van der Waals surface area (Å²) in [5.74, 6) is 1.05. The van der Waals surface area contributed by atoms with Crippen molar-refractivity contribution < 1.29 is 14.3 Å². The lowest BCUT2D eigenvalue weighted by Gasteiger charge is -2.22. The van der Waals surface area contributed by atoms with E-state index >= 15 is 0 Å². The highest BCUT2D eigenvalue weighted by atomic mass is 16.5. The highest BCUT2D eigenvalue weighted by molar-refractivity contribution is 5.93. The van der Waals surface area contributed by atoms with Gasteiger partial charge >= 0.3 is 6.09 Å². The molecule has 1 unspecified atom stereocenters. The molecule has 8 nitrogen and oxygen atoms in total. The van der Waals surface area contributed by atoms with Crippen LogP contribution in [0, 0.1) is 5.92 Å². The Hall–Kier alpha value is -2.77. The summed E-state index contributed by atoms with van der Waals surface area (Å²) in [6, 6.07) is 7.40. The van der Waals surface area contributed by atoms with Crippen molar-refractivity contribution in [3.8, 4) is 0 Å². The molecule has 1 aromatic carbocycles. The summed E-state index contributed by atoms with van der Waals surface area (Å²) < 4.78 is 4.98. The Bertz CT molecular complexity index is 671. The predicted octanol–water partition coefficient (Wildman–Crippen LogP) is 2.21. The van der Waals surface area contributed by atoms with Crippen molar-refractivity contribution in [2.75, 3.05) is 34.3 Å². The zero-order valence-electron chi connectivity index (χ0n) is 18.4. The lowest BCUT2D eigenvalue weighted by Crippen LogP contribution is -2.47. The molecule has 0 bridgehead atoms. The van der Waals surface area contributed by atoms with E-state index in [9.17, 15) is 9.59 Å². The zero-order chi connectivity index (χ0) is 21.8. The van der Waals surface area contributed by atoms with Crippen LogP contribution in [-0.2, 0) is 11.3 Å². The summed E-state index contributed by atoms with van der Waals surface area (Å²) in [7, 11) is 5.16. The molecule has 0 fully saturated rings. The molecule has 0 aliphatic heterocycles. The molecular weight excluding hydrogens is 370 g/mol. The third-order valence-corrected chi connectivity index (χ3v) is 4.16. The van der Waals surface area contributed by atoms with Crippen molar-refractivity contribution in [3.05, 3.63) is 35.4 Å². The normalized spacial score (nSPS) is 12.3. The topological polar surface area (TPSA) is 95.1 Å². The van der Waals surface area contributed by atoms with Gasteiger partial charge in [0.15, 0.2) is 5.96 Å². The van der Waals surface area contributed by atoms with Crippen LogP contribution in [0.1, 0.15) is 43.1 Å². The Balaban J connectivity index is 2.57. The maximum Gasteiger partial charge on any atom is 0.407 e. The number of rotatable bonds is 9. The number of hydrogen-bond donors (Lipinski definition) is 3. The van der Waals surface area contributed by atoms with Gasteiger partial charge in [0.2, 0.25) is 0 Å². The van der Waals surface area contributed by atoms with Crippen LogP contribution < -0.4 is 16.0 Å². The molecular formula is C21H35N5O3. The van der Waals surface area contributed by atoms with Gasteiger partial charge in [-0.3, -0.25) is 9.79 Å². The summed E-state index contributed by atoms with van der Waals surface area (Å²) >= 11 is 0. The van der Waals surface area contributed by atoms with E-state index in [1.54, 1.807) is 33.0 Å². The average molecular weight is 406 g/mol. The molecule has 29 heavy (non-hydrogen) atoms. The highest BCUT2D eigenvalue weighted by Gasteiger charge is 2.15. The number of carbonyl (C=O) groups is 2. The van der Waals surface area contributed by atoms with E-state index in [2.05, 4.69) is 34.8 Å². The molecule has 0 radical (unpaired) electrons. The number of hydrogen-bond acceptors (Lipinski definition) is 4. The number of guanidine groups is 1. The first kappa shape index (κ1) is 24.3. The number of carbonyl (C=O) groups excluding carboxylic acids is 2. The van der Waals surface area contributed by atoms with E-state index in [1.165, 1.54) is 0 Å². The molecule has 1 rings (SSSR count). The third-order valence-electron chi connectivity index (χ3n) is 4.16. The molecule has 2 amide bonds. The molecule has 1 aromatic rings. The molecule has 0 aliphatic rings. The SMILES string of the molecule is CCOC(=O)NC(CNC(=NC)NCc1ccc(C(=O)N(C)C)cc1)CC(C)C. The molecule has 162 valence electrons. The predicted molar refractivity (Wildman–Crippen MR) is 116 cm³/mol. The van der Waals surface area contributed by atoms with Crippen LogP contribution in [0.5, 0.6) is 0 Å². The fraction of sp³-hybridized carbons (Fsp3) is 0.571. The van der Waals surface area contributed by atoms with Crippen molar-refractivity contribution in [1.29, 1.82) is 0 Å². The molecule has 0 aliphatic carbocycles. The second-order valence-electron chi connectivity index (χ2n) is 7.39. The van der Waals surface area contributed by atoms with Crippen LogP contribution in [0.3, 0.4) is 0 Å². The van der Waals surface area contributed by atoms with Crippen LogP contribution in [-0.4, -0.2) is 63.2 Å². The average Bonchev–Trinajstić information content (AvgIpc) is 2.67. The number of nitrogens with zero attached hydrogens (tertiary/aromatic N) is 2. The highest BCUT2D eigenvalue weighted by Crippen LogP contribution is 2.07. The first-order valence-electron chi connectivity index (χ1n) is 9.95. The molecule has 1 atom stereocenters. The van der Waals surface area contributed by atoms with Crippen LogP contribution in [0.15, 0.2) is 29.3 Å². The first-order chi connectivity index (χ1) is 13.8. The van der Waals surface area contributed by atoms with Gasteiger partial charge in [-0.1, -0.05) is 26.0 Å². The van der Waals surface area contributed by atoms with Gasteiger partial charge < -0.3 is 25.6 Å². The van der Waals surface area contributed by atoms with Gasteiger partial charge in [0.05, 0.1) is 6.61 Å². The molecule has 0 spiro atoms.